The highest BCUT2D eigenvalue weighted by Crippen LogP contribution is 2.27. The second kappa shape index (κ2) is 7.95. The van der Waals surface area contributed by atoms with Crippen molar-refractivity contribution in [2.75, 3.05) is 11.4 Å². The lowest BCUT2D eigenvalue weighted by atomic mass is 10.0. The van der Waals surface area contributed by atoms with Gasteiger partial charge in [-0.3, -0.25) is 4.79 Å². The molecule has 0 aromatic heterocycles. The molecule has 2 aromatic rings. The highest BCUT2D eigenvalue weighted by Gasteiger charge is 2.27. The minimum absolute atomic E-state index is 0.259. The van der Waals surface area contributed by atoms with Gasteiger partial charge >= 0.3 is 5.97 Å². The molecule has 1 aliphatic rings. The molecule has 0 bridgehead atoms. The van der Waals surface area contributed by atoms with Gasteiger partial charge < -0.3 is 9.64 Å². The molecule has 0 spiro atoms. The van der Waals surface area contributed by atoms with Gasteiger partial charge in [-0.1, -0.05) is 36.4 Å². The first-order valence-electron chi connectivity index (χ1n) is 8.59. The van der Waals surface area contributed by atoms with E-state index in [0.29, 0.717) is 6.54 Å². The zero-order valence-electron chi connectivity index (χ0n) is 14.5. The van der Waals surface area contributed by atoms with Gasteiger partial charge in [0, 0.05) is 23.9 Å². The smallest absolute Gasteiger partial charge is 0.331 e. The summed E-state index contributed by atoms with van der Waals surface area (Å²) in [4.78, 5) is 26.3. The summed E-state index contributed by atoms with van der Waals surface area (Å²) < 4.78 is 18.8. The Morgan fingerprint density at radius 2 is 1.88 bits per heavy atom. The second-order valence-electron chi connectivity index (χ2n) is 6.16. The number of rotatable bonds is 4. The predicted molar refractivity (Wildman–Crippen MR) is 98.1 cm³/mol. The Kier molecular flexibility index (Phi) is 5.46. The number of para-hydroxylation sites is 1. The minimum Gasteiger partial charge on any atom is -0.449 e. The van der Waals surface area contributed by atoms with E-state index in [0.717, 1.165) is 30.2 Å². The predicted octanol–water partition coefficient (Wildman–Crippen LogP) is 3.75. The molecule has 1 atom stereocenters. The van der Waals surface area contributed by atoms with Gasteiger partial charge in [0.25, 0.3) is 5.91 Å². The maximum absolute atomic E-state index is 13.6. The van der Waals surface area contributed by atoms with Crippen molar-refractivity contribution < 1.29 is 18.7 Å². The van der Waals surface area contributed by atoms with Gasteiger partial charge in [-0.2, -0.15) is 0 Å². The standard InChI is InChI=1S/C21H20FNO3/c1-15(26-20(24)13-12-16-7-2-4-10-18(16)22)21(25)23-14-6-9-17-8-3-5-11-19(17)23/h2-5,7-8,10-13,15H,6,9,14H2,1H3/b13-12+. The Balaban J connectivity index is 1.65. The summed E-state index contributed by atoms with van der Waals surface area (Å²) in [5.41, 5.74) is 2.27. The average molecular weight is 353 g/mol. The number of hydrogen-bond acceptors (Lipinski definition) is 3. The number of halogens is 1. The van der Waals surface area contributed by atoms with Crippen molar-refractivity contribution in [3.63, 3.8) is 0 Å². The van der Waals surface area contributed by atoms with Crippen LogP contribution < -0.4 is 4.90 Å². The number of ether oxygens (including phenoxy) is 1. The van der Waals surface area contributed by atoms with E-state index >= 15 is 0 Å². The van der Waals surface area contributed by atoms with E-state index in [9.17, 15) is 14.0 Å². The second-order valence-corrected chi connectivity index (χ2v) is 6.16. The Hall–Kier alpha value is -2.95. The molecule has 134 valence electrons. The number of hydrogen-bond donors (Lipinski definition) is 0. The van der Waals surface area contributed by atoms with Crippen LogP contribution in [0, 0.1) is 5.82 Å². The molecule has 26 heavy (non-hydrogen) atoms. The van der Waals surface area contributed by atoms with E-state index in [1.165, 1.54) is 12.1 Å². The number of carbonyl (C=O) groups is 2. The number of benzene rings is 2. The van der Waals surface area contributed by atoms with Gasteiger partial charge in [0.15, 0.2) is 6.10 Å². The first-order chi connectivity index (χ1) is 12.6. The first-order valence-corrected chi connectivity index (χ1v) is 8.59. The van der Waals surface area contributed by atoms with Gasteiger partial charge in [-0.25, -0.2) is 9.18 Å². The minimum atomic E-state index is -0.918. The van der Waals surface area contributed by atoms with Gasteiger partial charge in [0.1, 0.15) is 5.82 Å². The molecule has 0 N–H and O–H groups in total. The highest BCUT2D eigenvalue weighted by atomic mass is 19.1. The number of aryl methyl sites for hydroxylation is 1. The van der Waals surface area contributed by atoms with E-state index in [-0.39, 0.29) is 11.5 Å². The molecular weight excluding hydrogens is 333 g/mol. The quantitative estimate of drug-likeness (QED) is 0.621. The van der Waals surface area contributed by atoms with Crippen LogP contribution in [0.3, 0.4) is 0 Å². The van der Waals surface area contributed by atoms with Gasteiger partial charge in [0.2, 0.25) is 0 Å². The molecule has 3 rings (SSSR count). The fraction of sp³-hybridized carbons (Fsp3) is 0.238. The molecular formula is C21H20FNO3. The summed E-state index contributed by atoms with van der Waals surface area (Å²) in [6.45, 7) is 2.15. The van der Waals surface area contributed by atoms with Crippen LogP contribution >= 0.6 is 0 Å². The summed E-state index contributed by atoms with van der Waals surface area (Å²) in [6, 6.07) is 13.9. The number of fused-ring (bicyclic) bond motifs is 1. The third-order valence-corrected chi connectivity index (χ3v) is 4.32. The summed E-state index contributed by atoms with van der Waals surface area (Å²) in [7, 11) is 0. The zero-order chi connectivity index (χ0) is 18.5. The largest absolute Gasteiger partial charge is 0.449 e. The molecule has 5 heteroatoms. The van der Waals surface area contributed by atoms with E-state index in [2.05, 4.69) is 0 Å². The van der Waals surface area contributed by atoms with Crippen molar-refractivity contribution in [2.24, 2.45) is 0 Å². The van der Waals surface area contributed by atoms with Crippen molar-refractivity contribution in [1.82, 2.24) is 0 Å². The Labute approximate surface area is 151 Å². The first kappa shape index (κ1) is 17.9. The molecule has 1 unspecified atom stereocenters. The van der Waals surface area contributed by atoms with Crippen molar-refractivity contribution in [3.05, 3.63) is 71.6 Å². The van der Waals surface area contributed by atoms with E-state index in [1.54, 1.807) is 30.0 Å². The molecule has 1 aliphatic heterocycles. The van der Waals surface area contributed by atoms with Crippen molar-refractivity contribution in [2.45, 2.75) is 25.9 Å². The highest BCUT2D eigenvalue weighted by molar-refractivity contribution is 5.99. The van der Waals surface area contributed by atoms with Crippen LogP contribution in [0.4, 0.5) is 10.1 Å². The van der Waals surface area contributed by atoms with Crippen LogP contribution in [0.1, 0.15) is 24.5 Å². The van der Waals surface area contributed by atoms with Crippen LogP contribution in [-0.2, 0) is 20.7 Å². The number of carbonyl (C=O) groups excluding carboxylic acids is 2. The SMILES string of the molecule is CC(OC(=O)/C=C/c1ccccc1F)C(=O)N1CCCc2ccccc21. The topological polar surface area (TPSA) is 46.6 Å². The van der Waals surface area contributed by atoms with E-state index in [4.69, 9.17) is 4.74 Å². The fourth-order valence-electron chi connectivity index (χ4n) is 3.01. The average Bonchev–Trinajstić information content (AvgIpc) is 2.66. The maximum atomic E-state index is 13.6. The van der Waals surface area contributed by atoms with Crippen LogP contribution in [0.15, 0.2) is 54.6 Å². The Morgan fingerprint density at radius 1 is 1.15 bits per heavy atom. The molecule has 0 radical (unpaired) electrons. The lowest BCUT2D eigenvalue weighted by Crippen LogP contribution is -2.42. The molecule has 4 nitrogen and oxygen atoms in total. The van der Waals surface area contributed by atoms with Crippen LogP contribution in [0.25, 0.3) is 6.08 Å². The summed E-state index contributed by atoms with van der Waals surface area (Å²) >= 11 is 0. The van der Waals surface area contributed by atoms with Crippen molar-refractivity contribution in [1.29, 1.82) is 0 Å². The molecule has 0 fully saturated rings. The Morgan fingerprint density at radius 3 is 2.69 bits per heavy atom. The third kappa shape index (κ3) is 3.99. The number of anilines is 1. The molecule has 2 aromatic carbocycles. The lowest BCUT2D eigenvalue weighted by Gasteiger charge is -2.31. The van der Waals surface area contributed by atoms with E-state index < -0.39 is 17.9 Å². The monoisotopic (exact) mass is 353 g/mol. The van der Waals surface area contributed by atoms with Gasteiger partial charge in [0.05, 0.1) is 0 Å². The van der Waals surface area contributed by atoms with Crippen LogP contribution in [0.2, 0.25) is 0 Å². The number of amides is 1. The maximum Gasteiger partial charge on any atom is 0.331 e. The van der Waals surface area contributed by atoms with Crippen molar-refractivity contribution >= 4 is 23.6 Å². The Bertz CT molecular complexity index is 847. The van der Waals surface area contributed by atoms with E-state index in [1.807, 2.05) is 24.3 Å². The van der Waals surface area contributed by atoms with Crippen LogP contribution in [0.5, 0.6) is 0 Å². The molecule has 0 saturated heterocycles. The zero-order valence-corrected chi connectivity index (χ0v) is 14.5. The van der Waals surface area contributed by atoms with Gasteiger partial charge in [-0.15, -0.1) is 0 Å². The lowest BCUT2D eigenvalue weighted by molar-refractivity contribution is -0.149. The normalized spacial score (nSPS) is 14.8. The number of nitrogens with zero attached hydrogens (tertiary/aromatic N) is 1. The molecule has 0 aliphatic carbocycles. The molecule has 1 amide bonds. The van der Waals surface area contributed by atoms with Crippen molar-refractivity contribution in [3.8, 4) is 0 Å². The third-order valence-electron chi connectivity index (χ3n) is 4.32. The van der Waals surface area contributed by atoms with Crippen LogP contribution in [-0.4, -0.2) is 24.5 Å². The molecule has 0 saturated carbocycles. The summed E-state index contributed by atoms with van der Waals surface area (Å²) in [5, 5.41) is 0. The fourth-order valence-corrected chi connectivity index (χ4v) is 3.01. The summed E-state index contributed by atoms with van der Waals surface area (Å²) in [5.74, 6) is -1.37. The molecule has 1 heterocycles. The number of esters is 1. The summed E-state index contributed by atoms with van der Waals surface area (Å²) in [6.07, 6.45) is 3.35. The van der Waals surface area contributed by atoms with Gasteiger partial charge in [-0.05, 0) is 43.5 Å².